The van der Waals surface area contributed by atoms with Gasteiger partial charge in [-0.05, 0) is 216 Å². The lowest BCUT2D eigenvalue weighted by Gasteiger charge is -2.41. The number of rotatable bonds is 18. The Labute approximate surface area is 752 Å². The number of amides is 6. The molecule has 0 spiro atoms. The summed E-state index contributed by atoms with van der Waals surface area (Å²) in [5, 5.41) is 32.3. The lowest BCUT2D eigenvalue weighted by Crippen LogP contribution is -2.60. The van der Waals surface area contributed by atoms with E-state index in [1.54, 1.807) is 118 Å². The maximum absolute atomic E-state index is 14.2. The van der Waals surface area contributed by atoms with E-state index in [9.17, 15) is 48.6 Å². The van der Waals surface area contributed by atoms with Crippen LogP contribution in [-0.4, -0.2) is 212 Å². The zero-order valence-corrected chi connectivity index (χ0v) is 79.8. The molecule has 8 bridgehead atoms. The van der Waals surface area contributed by atoms with Gasteiger partial charge in [-0.3, -0.25) is 29.8 Å². The molecule has 4 fully saturated rings. The van der Waals surface area contributed by atoms with Crippen molar-refractivity contribution in [2.75, 3.05) is 62.5 Å². The number of nitrogens with zero attached hydrogens (tertiary/aromatic N) is 7. The molecule has 123 heavy (non-hydrogen) atoms. The van der Waals surface area contributed by atoms with Crippen LogP contribution in [0.15, 0.2) is 160 Å². The average molecular weight is 1830 g/mol. The zero-order valence-electron chi connectivity index (χ0n) is 74.2. The third kappa shape index (κ3) is 26.5. The summed E-state index contributed by atoms with van der Waals surface area (Å²) in [6.07, 6.45) is 18.5. The lowest BCUT2D eigenvalue weighted by atomic mass is 9.82. The maximum atomic E-state index is 14.2. The van der Waals surface area contributed by atoms with Crippen molar-refractivity contribution in [3.8, 4) is 0 Å². The summed E-state index contributed by atoms with van der Waals surface area (Å²) in [5.74, 6) is -3.61. The molecule has 5 aromatic rings. The van der Waals surface area contributed by atoms with Gasteiger partial charge >= 0.3 is 24.1 Å². The minimum Gasteiger partial charge on any atom is -0.457 e. The number of nitrogens with one attached hydrogen (secondary N) is 2. The second-order valence-corrected chi connectivity index (χ2v) is 45.3. The quantitative estimate of drug-likeness (QED) is 0.0274. The fraction of sp³-hybridized carbons (Fsp3) is 0.527. The SMILES string of the molecule is C/C1=C\C=C\C(C)C2(O)CC(OC(=O)N2)C(C)C2OC2(C)C(OC(=O)C(C)N(C)C(=O)CCC(C)(C)SSc2ccccn2)CC(=O)N(C)c2cc(cc(C)c2Cl)C1.C/C1=C\C=C\C(C)C2(O)CC(OC(=O)N2)C(C)C2OC2(C)C(OC(=O)C(C)N(C)C(=O)CCS(C)(C)C)CC(=O)N(C)c2cc(cc(C)c2Cl)C1.c1ccc(SSc2ccccn2)nc1. The highest BCUT2D eigenvalue weighted by Crippen LogP contribution is 2.52. The van der Waals surface area contributed by atoms with Gasteiger partial charge in [0.2, 0.25) is 23.6 Å². The largest absolute Gasteiger partial charge is 0.457 e. The second-order valence-electron chi connectivity index (χ2n) is 34.9. The van der Waals surface area contributed by atoms with E-state index in [1.807, 2.05) is 171 Å². The van der Waals surface area contributed by atoms with Gasteiger partial charge in [-0.25, -0.2) is 44.2 Å². The van der Waals surface area contributed by atoms with Crippen molar-refractivity contribution in [2.24, 2.45) is 23.7 Å². The number of hydrogen-bond donors (Lipinski definition) is 4. The number of epoxide rings is 2. The Bertz CT molecular complexity index is 4700. The summed E-state index contributed by atoms with van der Waals surface area (Å²) in [4.78, 5) is 127. The van der Waals surface area contributed by atoms with Crippen molar-refractivity contribution in [2.45, 2.75) is 246 Å². The Hall–Kier alpha value is -7.62. The highest BCUT2D eigenvalue weighted by atomic mass is 35.5. The number of carbonyl (C=O) groups excluding carboxylic acids is 8. The van der Waals surface area contributed by atoms with Crippen LogP contribution in [0.3, 0.4) is 0 Å². The van der Waals surface area contributed by atoms with E-state index in [0.717, 1.165) is 54.2 Å². The summed E-state index contributed by atoms with van der Waals surface area (Å²) in [6, 6.07) is 23.3. The van der Waals surface area contributed by atoms with Gasteiger partial charge in [0.05, 0.1) is 46.5 Å². The molecular formula is C91H121Cl2N9O16S5. The van der Waals surface area contributed by atoms with Gasteiger partial charge in [0.1, 0.15) is 74.2 Å². The first-order valence-electron chi connectivity index (χ1n) is 41.2. The fourth-order valence-corrected chi connectivity index (χ4v) is 20.2. The number of ether oxygens (including phenoxy) is 6. The summed E-state index contributed by atoms with van der Waals surface area (Å²) in [5.41, 5.74) is 1.07. The van der Waals surface area contributed by atoms with Crippen molar-refractivity contribution >= 4 is 136 Å². The molecule has 0 saturated carbocycles. The molecule has 2 aromatic carbocycles. The number of anilines is 2. The number of carbonyl (C=O) groups is 8. The number of hydrogen-bond acceptors (Lipinski definition) is 23. The predicted molar refractivity (Wildman–Crippen MR) is 491 cm³/mol. The standard InChI is InChI=1S/C43H57ClN4O8S2.C38H56ClN3O8S.C10H8N2S2/c1-25-14-13-15-27(3)43(53)24-32(54-40(52)46-43)28(4)38-42(8,56-38)33(23-36(50)48(10)31-22-30(20-25)21-26(2)37(31)44)55-39(51)29(5)47(9)35(49)17-18-41(6,7)58-57-34-16-11-12-19-45-34;1-22-13-12-14-24(3)38(47)21-29(48-36(46)40-38)25(4)34-37(6,50-34)30(49-35(45)26(5)41(7)31(43)15-16-51(9,10)11)20-32(44)42(8)28-19-27(17-22)18-23(2)33(28)39;1-3-7-11-9(5-1)13-14-10-6-2-4-8-12-10/h11-16,19,21-22,27-29,32-33,38,53H,17-18,20,23-24H2,1-10H3,(H,46,52);12-14,18-19,24-26,29-30,34,47H,15-17,20-21H2,1-11H3,(H,40,46);1-8H/b15-13+,25-14+;14-12+,22-13+;. The minimum absolute atomic E-state index is 0.0703. The highest BCUT2D eigenvalue weighted by molar-refractivity contribution is 8.77. The molecular weight excluding hydrogens is 1710 g/mol. The Morgan fingerprint density at radius 3 is 1.35 bits per heavy atom. The number of esters is 2. The van der Waals surface area contributed by atoms with Crippen LogP contribution in [0.1, 0.15) is 150 Å². The Morgan fingerprint density at radius 1 is 0.610 bits per heavy atom. The molecule has 9 heterocycles. The van der Waals surface area contributed by atoms with Crippen molar-refractivity contribution in [3.63, 3.8) is 0 Å². The van der Waals surface area contributed by atoms with Crippen LogP contribution in [-0.2, 0) is 70.0 Å². The van der Waals surface area contributed by atoms with Crippen LogP contribution in [0.2, 0.25) is 10.0 Å². The van der Waals surface area contributed by atoms with E-state index in [2.05, 4.69) is 58.2 Å². The Balaban J connectivity index is 0.000000241. The number of allylic oxidation sites excluding steroid dienone is 6. The van der Waals surface area contributed by atoms with Crippen molar-refractivity contribution < 1.29 is 77.0 Å². The molecule has 670 valence electrons. The van der Waals surface area contributed by atoms with Gasteiger partial charge in [0.25, 0.3) is 0 Å². The van der Waals surface area contributed by atoms with Crippen molar-refractivity contribution in [1.29, 1.82) is 0 Å². The predicted octanol–water partition coefficient (Wildman–Crippen LogP) is 16.6. The van der Waals surface area contributed by atoms with E-state index in [-0.39, 0.29) is 60.5 Å². The maximum Gasteiger partial charge on any atom is 0.409 e. The van der Waals surface area contributed by atoms with E-state index in [4.69, 9.17) is 51.6 Å². The van der Waals surface area contributed by atoms with E-state index in [1.165, 1.54) is 19.6 Å². The molecule has 0 aliphatic carbocycles. The Morgan fingerprint density at radius 2 is 0.984 bits per heavy atom. The van der Waals surface area contributed by atoms with Crippen molar-refractivity contribution in [1.82, 2.24) is 35.4 Å². The van der Waals surface area contributed by atoms with Crippen LogP contribution < -0.4 is 20.4 Å². The van der Waals surface area contributed by atoms with Crippen LogP contribution >= 0.6 is 76.4 Å². The molecule has 4 saturated heterocycles. The van der Waals surface area contributed by atoms with Crippen LogP contribution in [0.4, 0.5) is 21.0 Å². The molecule has 4 N–H and O–H groups in total. The first kappa shape index (κ1) is 99.2. The topological polar surface area (TPSA) is 315 Å². The highest BCUT2D eigenvalue weighted by Gasteiger charge is 2.66. The fourth-order valence-electron chi connectivity index (χ4n) is 14.9. The van der Waals surface area contributed by atoms with Crippen molar-refractivity contribution in [3.05, 3.63) is 177 Å². The number of aryl methyl sites for hydroxylation is 2. The second kappa shape index (κ2) is 42.3. The molecule has 6 aliphatic heterocycles. The number of fused-ring (bicyclic) bond motifs is 10. The van der Waals surface area contributed by atoms with Crippen LogP contribution in [0.5, 0.6) is 0 Å². The number of aromatic nitrogens is 3. The third-order valence-corrected chi connectivity index (χ3v) is 31.5. The van der Waals surface area contributed by atoms with Gasteiger partial charge in [-0.15, -0.1) is 0 Å². The molecule has 25 nitrogen and oxygen atoms in total. The number of alkyl carbamates (subject to hydrolysis) is 2. The third-order valence-electron chi connectivity index (χ3n) is 23.7. The Kier molecular flexibility index (Phi) is 34.1. The average Bonchev–Trinajstić information content (AvgIpc) is 1.57. The zero-order chi connectivity index (χ0) is 90.6. The van der Waals surface area contributed by atoms with Gasteiger partial charge in [0, 0.05) is 101 Å². The van der Waals surface area contributed by atoms with E-state index >= 15 is 0 Å². The van der Waals surface area contributed by atoms with E-state index < -0.39 is 129 Å². The minimum atomic E-state index is -1.61. The first-order chi connectivity index (χ1) is 57.6. The summed E-state index contributed by atoms with van der Waals surface area (Å²) >= 11 is 13.6. The number of halogens is 2. The molecule has 16 atom stereocenters. The molecule has 16 unspecified atom stereocenters. The molecule has 3 aromatic heterocycles. The molecule has 6 aliphatic rings. The molecule has 11 rings (SSSR count). The lowest BCUT2D eigenvalue weighted by molar-refractivity contribution is -0.162. The first-order valence-corrected chi connectivity index (χ1v) is 49.3. The normalized spacial score (nSPS) is 28.8. The van der Waals surface area contributed by atoms with Crippen LogP contribution in [0.25, 0.3) is 0 Å². The van der Waals surface area contributed by atoms with E-state index in [0.29, 0.717) is 47.1 Å². The van der Waals surface area contributed by atoms with Gasteiger partial charge in [0.15, 0.2) is 0 Å². The summed E-state index contributed by atoms with van der Waals surface area (Å²) < 4.78 is 36.0. The number of aliphatic hydroxyl groups is 2. The van der Waals surface area contributed by atoms with Crippen LogP contribution in [0, 0.1) is 37.5 Å². The van der Waals surface area contributed by atoms with Gasteiger partial charge < -0.3 is 58.2 Å². The molecule has 32 heteroatoms. The summed E-state index contributed by atoms with van der Waals surface area (Å²) in [7, 11) is 11.9. The summed E-state index contributed by atoms with van der Waals surface area (Å²) in [6.45, 7) is 25.9. The monoisotopic (exact) mass is 1830 g/mol. The number of benzene rings is 2. The molecule has 0 radical (unpaired) electrons. The van der Waals surface area contributed by atoms with Gasteiger partial charge in [-0.2, -0.15) is 0 Å². The number of pyridine rings is 3. The number of likely N-dealkylation sites (N-methyl/N-ethyl adjacent to an activating group) is 2. The smallest absolute Gasteiger partial charge is 0.409 e. The van der Waals surface area contributed by atoms with Gasteiger partial charge in [-0.1, -0.05) is 140 Å². The molecule has 6 amide bonds.